The molecule has 0 spiro atoms. The lowest BCUT2D eigenvalue weighted by atomic mass is 10.1. The first-order chi connectivity index (χ1) is 8.29. The zero-order valence-corrected chi connectivity index (χ0v) is 9.59. The molecule has 7 heteroatoms. The second-order valence-corrected chi connectivity index (χ2v) is 3.44. The minimum absolute atomic E-state index is 0.0140. The van der Waals surface area contributed by atoms with Gasteiger partial charge in [-0.2, -0.15) is 13.2 Å². The van der Waals surface area contributed by atoms with Crippen molar-refractivity contribution in [1.82, 2.24) is 0 Å². The molecule has 0 aliphatic heterocycles. The lowest BCUT2D eigenvalue weighted by molar-refractivity contribution is -0.137. The van der Waals surface area contributed by atoms with Crippen LogP contribution in [-0.4, -0.2) is 19.3 Å². The summed E-state index contributed by atoms with van der Waals surface area (Å²) in [6.45, 7) is 1.19. The Morgan fingerprint density at radius 3 is 2.39 bits per heavy atom. The van der Waals surface area contributed by atoms with E-state index in [0.717, 1.165) is 6.07 Å². The Hall–Kier alpha value is -2.05. The van der Waals surface area contributed by atoms with Crippen LogP contribution in [0, 0.1) is 0 Å². The highest BCUT2D eigenvalue weighted by Gasteiger charge is 2.34. The normalized spacial score (nSPS) is 10.9. The number of alkyl halides is 3. The van der Waals surface area contributed by atoms with E-state index in [1.54, 1.807) is 0 Å². The van der Waals surface area contributed by atoms with Gasteiger partial charge in [-0.1, -0.05) is 0 Å². The number of carbonyl (C=O) groups is 2. The van der Waals surface area contributed by atoms with Gasteiger partial charge in [0.2, 0.25) is 5.91 Å². The van der Waals surface area contributed by atoms with Crippen LogP contribution in [0.5, 0.6) is 5.75 Å². The van der Waals surface area contributed by atoms with Crippen molar-refractivity contribution in [3.05, 3.63) is 23.3 Å². The van der Waals surface area contributed by atoms with E-state index in [1.807, 2.05) is 0 Å². The molecule has 0 heterocycles. The molecule has 18 heavy (non-hydrogen) atoms. The fourth-order valence-corrected chi connectivity index (χ4v) is 1.40. The van der Waals surface area contributed by atoms with Crippen LogP contribution in [0.4, 0.5) is 18.9 Å². The van der Waals surface area contributed by atoms with E-state index in [9.17, 15) is 22.8 Å². The summed E-state index contributed by atoms with van der Waals surface area (Å²) >= 11 is 0. The molecule has 0 aromatic heterocycles. The van der Waals surface area contributed by atoms with E-state index in [2.05, 4.69) is 5.32 Å². The first kappa shape index (κ1) is 14.0. The van der Waals surface area contributed by atoms with Gasteiger partial charge >= 0.3 is 6.18 Å². The molecule has 1 N–H and O–H groups in total. The third kappa shape index (κ3) is 2.99. The lowest BCUT2D eigenvalue weighted by Crippen LogP contribution is -2.12. The quantitative estimate of drug-likeness (QED) is 0.850. The molecule has 0 aliphatic rings. The third-order valence-electron chi connectivity index (χ3n) is 2.11. The van der Waals surface area contributed by atoms with Crippen molar-refractivity contribution in [2.45, 2.75) is 13.1 Å². The van der Waals surface area contributed by atoms with E-state index in [4.69, 9.17) is 4.74 Å². The second-order valence-electron chi connectivity index (χ2n) is 3.44. The van der Waals surface area contributed by atoms with E-state index >= 15 is 0 Å². The first-order valence-corrected chi connectivity index (χ1v) is 4.81. The standard InChI is InChI=1S/C11H10F3NO3/c1-6(17)15-9-3-7(5-16)8(11(12,13)14)4-10(9)18-2/h3-5H,1-2H3,(H,15,17). The highest BCUT2D eigenvalue weighted by atomic mass is 19.4. The molecule has 0 fully saturated rings. The Bertz CT molecular complexity index is 483. The van der Waals surface area contributed by atoms with Crippen molar-refractivity contribution < 1.29 is 27.5 Å². The number of amides is 1. The van der Waals surface area contributed by atoms with E-state index in [0.29, 0.717) is 6.07 Å². The first-order valence-electron chi connectivity index (χ1n) is 4.81. The van der Waals surface area contributed by atoms with Crippen LogP contribution in [0.2, 0.25) is 0 Å². The van der Waals surface area contributed by atoms with Gasteiger partial charge in [-0.15, -0.1) is 0 Å². The average Bonchev–Trinajstić information content (AvgIpc) is 2.26. The van der Waals surface area contributed by atoms with Gasteiger partial charge in [0, 0.05) is 12.5 Å². The summed E-state index contributed by atoms with van der Waals surface area (Å²) in [6.07, 6.45) is -4.59. The smallest absolute Gasteiger partial charge is 0.417 e. The minimum Gasteiger partial charge on any atom is -0.495 e. The molecule has 1 aromatic rings. The second kappa shape index (κ2) is 5.07. The molecular weight excluding hydrogens is 251 g/mol. The van der Waals surface area contributed by atoms with Gasteiger partial charge in [0.1, 0.15) is 5.75 Å². The number of anilines is 1. The lowest BCUT2D eigenvalue weighted by Gasteiger charge is -2.15. The molecule has 0 radical (unpaired) electrons. The van der Waals surface area contributed by atoms with E-state index < -0.39 is 23.2 Å². The van der Waals surface area contributed by atoms with Gasteiger partial charge in [0.05, 0.1) is 18.4 Å². The van der Waals surface area contributed by atoms with E-state index in [1.165, 1.54) is 14.0 Å². The molecule has 0 aliphatic carbocycles. The largest absolute Gasteiger partial charge is 0.495 e. The summed E-state index contributed by atoms with van der Waals surface area (Å²) < 4.78 is 42.7. The Balaban J connectivity index is 3.41. The van der Waals surface area contributed by atoms with Crippen molar-refractivity contribution in [2.75, 3.05) is 12.4 Å². The van der Waals surface area contributed by atoms with Crippen LogP contribution in [0.15, 0.2) is 12.1 Å². The van der Waals surface area contributed by atoms with Crippen molar-refractivity contribution in [3.63, 3.8) is 0 Å². The summed E-state index contributed by atoms with van der Waals surface area (Å²) in [5.74, 6) is -0.645. The predicted molar refractivity (Wildman–Crippen MR) is 57.7 cm³/mol. The minimum atomic E-state index is -4.67. The molecule has 1 aromatic carbocycles. The highest BCUT2D eigenvalue weighted by molar-refractivity contribution is 5.92. The van der Waals surface area contributed by atoms with Gasteiger partial charge < -0.3 is 10.1 Å². The maximum atomic E-state index is 12.6. The zero-order valence-electron chi connectivity index (χ0n) is 9.59. The third-order valence-corrected chi connectivity index (χ3v) is 2.11. The maximum Gasteiger partial charge on any atom is 0.417 e. The molecular formula is C11H10F3NO3. The molecule has 0 saturated heterocycles. The van der Waals surface area contributed by atoms with Gasteiger partial charge in [-0.3, -0.25) is 9.59 Å². The molecule has 0 bridgehead atoms. The SMILES string of the molecule is COc1cc(C(F)(F)F)c(C=O)cc1NC(C)=O. The van der Waals surface area contributed by atoms with Crippen LogP contribution >= 0.6 is 0 Å². The van der Waals surface area contributed by atoms with Crippen LogP contribution in [-0.2, 0) is 11.0 Å². The molecule has 4 nitrogen and oxygen atoms in total. The van der Waals surface area contributed by atoms with Crippen LogP contribution < -0.4 is 10.1 Å². The van der Waals surface area contributed by atoms with Crippen molar-refractivity contribution in [3.8, 4) is 5.75 Å². The summed E-state index contributed by atoms with van der Waals surface area (Å²) in [4.78, 5) is 21.5. The fourth-order valence-electron chi connectivity index (χ4n) is 1.40. The van der Waals surface area contributed by atoms with Crippen LogP contribution in [0.3, 0.4) is 0 Å². The number of aldehydes is 1. The summed E-state index contributed by atoms with van der Waals surface area (Å²) in [5, 5.41) is 2.29. The molecule has 98 valence electrons. The number of benzene rings is 1. The number of hydrogen-bond donors (Lipinski definition) is 1. The number of methoxy groups -OCH3 is 1. The predicted octanol–water partition coefficient (Wildman–Crippen LogP) is 2.48. The Morgan fingerprint density at radius 2 is 2.00 bits per heavy atom. The molecule has 1 amide bonds. The van der Waals surface area contributed by atoms with Gasteiger partial charge in [-0.25, -0.2) is 0 Å². The highest BCUT2D eigenvalue weighted by Crippen LogP contribution is 2.37. The number of carbonyl (C=O) groups excluding carboxylic acids is 2. The zero-order chi connectivity index (χ0) is 13.9. The molecule has 0 atom stereocenters. The summed E-state index contributed by atoms with van der Waals surface area (Å²) in [5.41, 5.74) is -1.66. The van der Waals surface area contributed by atoms with Crippen LogP contribution in [0.1, 0.15) is 22.8 Å². The number of ether oxygens (including phenoxy) is 1. The molecule has 0 saturated carbocycles. The molecule has 0 unspecified atom stereocenters. The number of halogens is 3. The maximum absolute atomic E-state index is 12.6. The van der Waals surface area contributed by atoms with Gasteiger partial charge in [0.25, 0.3) is 0 Å². The summed E-state index contributed by atoms with van der Waals surface area (Å²) in [6, 6.07) is 1.60. The Labute approximate surface area is 101 Å². The Kier molecular flexibility index (Phi) is 3.95. The average molecular weight is 261 g/mol. The topological polar surface area (TPSA) is 55.4 Å². The number of hydrogen-bond acceptors (Lipinski definition) is 3. The van der Waals surface area contributed by atoms with Gasteiger partial charge in [0.15, 0.2) is 6.29 Å². The van der Waals surface area contributed by atoms with Gasteiger partial charge in [-0.05, 0) is 12.1 Å². The number of rotatable bonds is 3. The van der Waals surface area contributed by atoms with E-state index in [-0.39, 0.29) is 17.7 Å². The van der Waals surface area contributed by atoms with Crippen LogP contribution in [0.25, 0.3) is 0 Å². The van der Waals surface area contributed by atoms with Crippen molar-refractivity contribution in [1.29, 1.82) is 0 Å². The molecule has 1 rings (SSSR count). The monoisotopic (exact) mass is 261 g/mol. The Morgan fingerprint density at radius 1 is 1.39 bits per heavy atom. The fraction of sp³-hybridized carbons (Fsp3) is 0.273. The van der Waals surface area contributed by atoms with Crippen molar-refractivity contribution in [2.24, 2.45) is 0 Å². The van der Waals surface area contributed by atoms with Crippen molar-refractivity contribution >= 4 is 17.9 Å². The number of nitrogens with one attached hydrogen (secondary N) is 1. The summed E-state index contributed by atoms with van der Waals surface area (Å²) in [7, 11) is 1.17.